The van der Waals surface area contributed by atoms with Gasteiger partial charge < -0.3 is 5.32 Å². The second-order valence-corrected chi connectivity index (χ2v) is 6.47. The molecule has 2 aliphatic heterocycles. The number of carbonyl (C=O) groups excluding carboxylic acids is 3. The van der Waals surface area contributed by atoms with Crippen LogP contribution in [0.2, 0.25) is 0 Å². The number of amides is 3. The Hall–Kier alpha value is -2.21. The molecule has 0 saturated carbocycles. The first-order valence-electron chi connectivity index (χ1n) is 8.55. The van der Waals surface area contributed by atoms with Crippen molar-refractivity contribution in [3.8, 4) is 0 Å². The Labute approximate surface area is 141 Å². The molecule has 6 heteroatoms. The van der Waals surface area contributed by atoms with Crippen LogP contribution in [0.3, 0.4) is 0 Å². The molecule has 3 amide bonds. The van der Waals surface area contributed by atoms with Gasteiger partial charge in [-0.25, -0.2) is 4.90 Å². The van der Waals surface area contributed by atoms with Crippen molar-refractivity contribution in [1.82, 2.24) is 4.90 Å². The van der Waals surface area contributed by atoms with Gasteiger partial charge in [-0.2, -0.15) is 0 Å². The van der Waals surface area contributed by atoms with E-state index in [9.17, 15) is 14.4 Å². The Morgan fingerprint density at radius 2 is 1.67 bits per heavy atom. The Morgan fingerprint density at radius 3 is 2.25 bits per heavy atom. The maximum absolute atomic E-state index is 12.8. The maximum Gasteiger partial charge on any atom is 0.251 e. The zero-order valence-corrected chi connectivity index (χ0v) is 14.0. The quantitative estimate of drug-likeness (QED) is 0.863. The van der Waals surface area contributed by atoms with Crippen molar-refractivity contribution in [3.63, 3.8) is 0 Å². The molecular formula is C18H23N3O3. The Morgan fingerprint density at radius 1 is 1.04 bits per heavy atom. The summed E-state index contributed by atoms with van der Waals surface area (Å²) in [5, 5.41) is 2.68. The van der Waals surface area contributed by atoms with Gasteiger partial charge in [0.2, 0.25) is 11.8 Å². The molecule has 2 heterocycles. The molecule has 0 aliphatic carbocycles. The molecule has 2 saturated heterocycles. The van der Waals surface area contributed by atoms with Crippen LogP contribution in [0.15, 0.2) is 24.3 Å². The number of likely N-dealkylation sites (tertiary alicyclic amines) is 1. The lowest BCUT2D eigenvalue weighted by atomic mass is 10.2. The fourth-order valence-electron chi connectivity index (χ4n) is 3.48. The molecule has 0 unspecified atom stereocenters. The maximum atomic E-state index is 12.8. The van der Waals surface area contributed by atoms with Crippen LogP contribution in [0.25, 0.3) is 0 Å². The van der Waals surface area contributed by atoms with E-state index in [0.29, 0.717) is 11.4 Å². The van der Waals surface area contributed by atoms with Crippen LogP contribution in [0.1, 0.15) is 39.0 Å². The summed E-state index contributed by atoms with van der Waals surface area (Å²) in [6.45, 7) is 3.21. The summed E-state index contributed by atoms with van der Waals surface area (Å²) < 4.78 is 0. The number of nitrogens with one attached hydrogen (secondary N) is 1. The van der Waals surface area contributed by atoms with Gasteiger partial charge in [-0.3, -0.25) is 19.3 Å². The Balaban J connectivity index is 1.75. The van der Waals surface area contributed by atoms with E-state index in [1.54, 1.807) is 24.3 Å². The summed E-state index contributed by atoms with van der Waals surface area (Å²) in [6.07, 6.45) is 4.82. The Kier molecular flexibility index (Phi) is 4.94. The number of anilines is 2. The molecule has 128 valence electrons. The number of rotatable bonds is 3. The molecule has 1 atom stereocenters. The minimum absolute atomic E-state index is 0.130. The second kappa shape index (κ2) is 7.13. The average Bonchev–Trinajstić information content (AvgIpc) is 2.73. The van der Waals surface area contributed by atoms with Crippen LogP contribution in [0.5, 0.6) is 0 Å². The highest BCUT2D eigenvalue weighted by Crippen LogP contribution is 2.28. The van der Waals surface area contributed by atoms with Crippen molar-refractivity contribution in [2.24, 2.45) is 0 Å². The predicted molar refractivity (Wildman–Crippen MR) is 91.7 cm³/mol. The van der Waals surface area contributed by atoms with E-state index in [1.807, 2.05) is 0 Å². The third-order valence-corrected chi connectivity index (χ3v) is 4.65. The predicted octanol–water partition coefficient (Wildman–Crippen LogP) is 2.15. The zero-order valence-electron chi connectivity index (χ0n) is 14.0. The molecule has 0 radical (unpaired) electrons. The van der Waals surface area contributed by atoms with Gasteiger partial charge in [0.1, 0.15) is 0 Å². The summed E-state index contributed by atoms with van der Waals surface area (Å²) in [4.78, 5) is 39.7. The van der Waals surface area contributed by atoms with E-state index in [1.165, 1.54) is 24.7 Å². The van der Waals surface area contributed by atoms with Crippen LogP contribution < -0.4 is 10.2 Å². The molecule has 2 aliphatic rings. The second-order valence-electron chi connectivity index (χ2n) is 6.47. The van der Waals surface area contributed by atoms with Gasteiger partial charge in [0.15, 0.2) is 0 Å². The van der Waals surface area contributed by atoms with E-state index in [0.717, 1.165) is 25.9 Å². The minimum Gasteiger partial charge on any atom is -0.326 e. The number of hydrogen-bond acceptors (Lipinski definition) is 4. The number of benzene rings is 1. The lowest BCUT2D eigenvalue weighted by molar-refractivity contribution is -0.123. The Bertz CT molecular complexity index is 633. The van der Waals surface area contributed by atoms with Crippen LogP contribution >= 0.6 is 0 Å². The van der Waals surface area contributed by atoms with Crippen LogP contribution in [0, 0.1) is 0 Å². The fourth-order valence-corrected chi connectivity index (χ4v) is 3.48. The molecule has 0 spiro atoms. The summed E-state index contributed by atoms with van der Waals surface area (Å²) >= 11 is 0. The number of hydrogen-bond donors (Lipinski definition) is 1. The van der Waals surface area contributed by atoms with Crippen LogP contribution in [-0.4, -0.2) is 41.8 Å². The van der Waals surface area contributed by atoms with Crippen molar-refractivity contribution >= 4 is 29.1 Å². The van der Waals surface area contributed by atoms with Crippen molar-refractivity contribution < 1.29 is 14.4 Å². The van der Waals surface area contributed by atoms with Gasteiger partial charge in [0.25, 0.3) is 5.91 Å². The third-order valence-electron chi connectivity index (χ3n) is 4.65. The zero-order chi connectivity index (χ0) is 17.1. The molecule has 0 bridgehead atoms. The van der Waals surface area contributed by atoms with Crippen molar-refractivity contribution in [1.29, 1.82) is 0 Å². The monoisotopic (exact) mass is 329 g/mol. The minimum atomic E-state index is -0.328. The summed E-state index contributed by atoms with van der Waals surface area (Å²) in [5.41, 5.74) is 1.21. The molecule has 1 aromatic rings. The van der Waals surface area contributed by atoms with Gasteiger partial charge in [-0.1, -0.05) is 12.8 Å². The average molecular weight is 329 g/mol. The van der Waals surface area contributed by atoms with Crippen molar-refractivity contribution in [2.45, 2.75) is 45.1 Å². The van der Waals surface area contributed by atoms with Gasteiger partial charge in [-0.05, 0) is 50.2 Å². The number of imide groups is 1. The summed E-state index contributed by atoms with van der Waals surface area (Å²) in [7, 11) is 0. The highest BCUT2D eigenvalue weighted by molar-refractivity contribution is 6.22. The molecular weight excluding hydrogens is 306 g/mol. The summed E-state index contributed by atoms with van der Waals surface area (Å²) in [6, 6.07) is 6.48. The molecule has 1 aromatic carbocycles. The van der Waals surface area contributed by atoms with E-state index >= 15 is 0 Å². The first kappa shape index (κ1) is 16.6. The topological polar surface area (TPSA) is 69.7 Å². The normalized spacial score (nSPS) is 22.5. The SMILES string of the molecule is CC(=O)Nc1ccc(N2C(=O)C[C@H](N3CCCCCC3)C2=O)cc1. The van der Waals surface area contributed by atoms with Gasteiger partial charge in [0, 0.05) is 12.6 Å². The van der Waals surface area contributed by atoms with Crippen LogP contribution in [0.4, 0.5) is 11.4 Å². The van der Waals surface area contributed by atoms with E-state index in [-0.39, 0.29) is 30.2 Å². The highest BCUT2D eigenvalue weighted by atomic mass is 16.2. The van der Waals surface area contributed by atoms with Crippen molar-refractivity contribution in [3.05, 3.63) is 24.3 Å². The van der Waals surface area contributed by atoms with Gasteiger partial charge in [-0.15, -0.1) is 0 Å². The largest absolute Gasteiger partial charge is 0.326 e. The smallest absolute Gasteiger partial charge is 0.251 e. The molecule has 6 nitrogen and oxygen atoms in total. The number of carbonyl (C=O) groups is 3. The first-order valence-corrected chi connectivity index (χ1v) is 8.55. The lowest BCUT2D eigenvalue weighted by Gasteiger charge is -2.25. The lowest BCUT2D eigenvalue weighted by Crippen LogP contribution is -2.42. The van der Waals surface area contributed by atoms with Crippen molar-refractivity contribution in [2.75, 3.05) is 23.3 Å². The highest BCUT2D eigenvalue weighted by Gasteiger charge is 2.42. The first-order chi connectivity index (χ1) is 11.6. The standard InChI is InChI=1S/C18H23N3O3/c1-13(22)19-14-6-8-15(9-7-14)21-17(23)12-16(18(21)24)20-10-4-2-3-5-11-20/h6-9,16H,2-5,10-12H2,1H3,(H,19,22)/t16-/m0/s1. The molecule has 3 rings (SSSR count). The van der Waals surface area contributed by atoms with E-state index < -0.39 is 0 Å². The number of nitrogens with zero attached hydrogens (tertiary/aromatic N) is 2. The molecule has 1 N–H and O–H groups in total. The molecule has 2 fully saturated rings. The van der Waals surface area contributed by atoms with E-state index in [4.69, 9.17) is 0 Å². The van der Waals surface area contributed by atoms with Crippen LogP contribution in [-0.2, 0) is 14.4 Å². The molecule has 0 aromatic heterocycles. The summed E-state index contributed by atoms with van der Waals surface area (Å²) in [5.74, 6) is -0.437. The van der Waals surface area contributed by atoms with Gasteiger partial charge >= 0.3 is 0 Å². The molecule has 24 heavy (non-hydrogen) atoms. The third kappa shape index (κ3) is 3.48. The fraction of sp³-hybridized carbons (Fsp3) is 0.500. The van der Waals surface area contributed by atoms with E-state index in [2.05, 4.69) is 10.2 Å². The van der Waals surface area contributed by atoms with Gasteiger partial charge in [0.05, 0.1) is 18.2 Å².